The summed E-state index contributed by atoms with van der Waals surface area (Å²) in [6.07, 6.45) is 0.793. The molecule has 1 fully saturated rings. The van der Waals surface area contributed by atoms with E-state index < -0.39 is 9.84 Å². The van der Waals surface area contributed by atoms with E-state index in [1.165, 1.54) is 11.3 Å². The van der Waals surface area contributed by atoms with Crippen molar-refractivity contribution in [1.29, 1.82) is 0 Å². The molecule has 4 nitrogen and oxygen atoms in total. The van der Waals surface area contributed by atoms with Gasteiger partial charge in [0, 0.05) is 11.3 Å². The van der Waals surface area contributed by atoms with Crippen LogP contribution in [0.25, 0.3) is 0 Å². The van der Waals surface area contributed by atoms with Crippen LogP contribution in [-0.2, 0) is 26.0 Å². The van der Waals surface area contributed by atoms with Crippen LogP contribution in [0.3, 0.4) is 0 Å². The molecular weight excluding hydrogens is 260 g/mol. The Balaban J connectivity index is 1.75. The maximum absolute atomic E-state index is 11.5. The molecule has 0 unspecified atom stereocenters. The second-order valence-electron chi connectivity index (χ2n) is 4.21. The van der Waals surface area contributed by atoms with E-state index in [-0.39, 0.29) is 36.4 Å². The molecule has 0 N–H and O–H groups in total. The van der Waals surface area contributed by atoms with Crippen LogP contribution in [0.2, 0.25) is 0 Å². The highest BCUT2D eigenvalue weighted by molar-refractivity contribution is 7.91. The fourth-order valence-corrected chi connectivity index (χ4v) is 4.35. The first kappa shape index (κ1) is 12.6. The highest BCUT2D eigenvalue weighted by Crippen LogP contribution is 2.22. The monoisotopic (exact) mass is 274 g/mol. The molecule has 0 amide bonds. The Kier molecular flexibility index (Phi) is 3.83. The molecule has 1 aromatic rings. The molecule has 1 atom stereocenters. The molecule has 0 aliphatic carbocycles. The average Bonchev–Trinajstić information content (AvgIpc) is 2.85. The molecule has 17 heavy (non-hydrogen) atoms. The quantitative estimate of drug-likeness (QED) is 0.783. The summed E-state index contributed by atoms with van der Waals surface area (Å²) >= 11 is 1.53. The van der Waals surface area contributed by atoms with E-state index in [9.17, 15) is 13.2 Å². The van der Waals surface area contributed by atoms with Crippen molar-refractivity contribution in [2.45, 2.75) is 19.4 Å². The Labute approximate surface area is 105 Å². The van der Waals surface area contributed by atoms with Gasteiger partial charge in [-0.2, -0.15) is 0 Å². The molecule has 0 radical (unpaired) electrons. The summed E-state index contributed by atoms with van der Waals surface area (Å²) in [5.74, 6) is -0.0342. The zero-order chi connectivity index (χ0) is 12.3. The molecule has 1 aliphatic rings. The lowest BCUT2D eigenvalue weighted by molar-refractivity contribution is -0.145. The zero-order valence-electron chi connectivity index (χ0n) is 9.29. The standard InChI is InChI=1S/C11H14O4S2/c12-11(15-7-10-2-1-4-16-10)6-9-3-5-17(13,14)8-9/h1-2,4,9H,3,5-8H2/t9-/m1/s1. The fraction of sp³-hybridized carbons (Fsp3) is 0.545. The van der Waals surface area contributed by atoms with Crippen molar-refractivity contribution in [2.75, 3.05) is 11.5 Å². The van der Waals surface area contributed by atoms with E-state index in [1.807, 2.05) is 17.5 Å². The summed E-state index contributed by atoms with van der Waals surface area (Å²) in [5, 5.41) is 1.92. The van der Waals surface area contributed by atoms with E-state index in [0.29, 0.717) is 6.42 Å². The van der Waals surface area contributed by atoms with Gasteiger partial charge in [-0.25, -0.2) is 8.42 Å². The van der Waals surface area contributed by atoms with Crippen molar-refractivity contribution < 1.29 is 17.9 Å². The molecule has 0 spiro atoms. The lowest BCUT2D eigenvalue weighted by atomic mass is 10.1. The lowest BCUT2D eigenvalue weighted by Gasteiger charge is -2.07. The molecule has 1 aromatic heterocycles. The Morgan fingerprint density at radius 3 is 2.94 bits per heavy atom. The summed E-state index contributed by atoms with van der Waals surface area (Å²) in [5.41, 5.74) is 0. The smallest absolute Gasteiger partial charge is 0.306 e. The van der Waals surface area contributed by atoms with Crippen LogP contribution >= 0.6 is 11.3 Å². The number of carbonyl (C=O) groups is 1. The van der Waals surface area contributed by atoms with Crippen molar-refractivity contribution in [2.24, 2.45) is 5.92 Å². The molecule has 94 valence electrons. The number of carbonyl (C=O) groups excluding carboxylic acids is 1. The summed E-state index contributed by atoms with van der Waals surface area (Å²) in [6.45, 7) is 0.288. The first-order valence-corrected chi connectivity index (χ1v) is 8.14. The molecule has 6 heteroatoms. The summed E-state index contributed by atoms with van der Waals surface area (Å²) in [6, 6.07) is 3.80. The minimum Gasteiger partial charge on any atom is -0.460 e. The van der Waals surface area contributed by atoms with Crippen molar-refractivity contribution in [1.82, 2.24) is 0 Å². The molecule has 0 bridgehead atoms. The third kappa shape index (κ3) is 3.81. The highest BCUT2D eigenvalue weighted by atomic mass is 32.2. The Morgan fingerprint density at radius 1 is 1.53 bits per heavy atom. The van der Waals surface area contributed by atoms with E-state index in [0.717, 1.165) is 4.88 Å². The van der Waals surface area contributed by atoms with Crippen LogP contribution in [-0.4, -0.2) is 25.9 Å². The van der Waals surface area contributed by atoms with E-state index in [4.69, 9.17) is 4.74 Å². The average molecular weight is 274 g/mol. The number of thiophene rings is 1. The van der Waals surface area contributed by atoms with Crippen LogP contribution in [0.15, 0.2) is 17.5 Å². The molecule has 1 aliphatic heterocycles. The van der Waals surface area contributed by atoms with Gasteiger partial charge in [0.1, 0.15) is 6.61 Å². The van der Waals surface area contributed by atoms with Crippen molar-refractivity contribution in [3.63, 3.8) is 0 Å². The predicted octanol–water partition coefficient (Wildman–Crippen LogP) is 1.62. The summed E-state index contributed by atoms with van der Waals surface area (Å²) in [4.78, 5) is 12.5. The second-order valence-corrected chi connectivity index (χ2v) is 7.47. The Bertz CT molecular complexity index is 476. The molecule has 0 aromatic carbocycles. The molecule has 0 saturated carbocycles. The number of ether oxygens (including phenoxy) is 1. The van der Waals surface area contributed by atoms with Crippen molar-refractivity contribution >= 4 is 27.1 Å². The SMILES string of the molecule is O=C(C[C@H]1CCS(=O)(=O)C1)OCc1cccs1. The Morgan fingerprint density at radius 2 is 2.35 bits per heavy atom. The molecule has 2 rings (SSSR count). The minimum absolute atomic E-state index is 0.0594. The third-order valence-electron chi connectivity index (χ3n) is 2.74. The molecule has 1 saturated heterocycles. The van der Waals surface area contributed by atoms with E-state index >= 15 is 0 Å². The van der Waals surface area contributed by atoms with Gasteiger partial charge in [0.15, 0.2) is 9.84 Å². The van der Waals surface area contributed by atoms with Gasteiger partial charge in [-0.05, 0) is 23.8 Å². The zero-order valence-corrected chi connectivity index (χ0v) is 10.9. The first-order valence-electron chi connectivity index (χ1n) is 5.43. The molecular formula is C11H14O4S2. The third-order valence-corrected chi connectivity index (χ3v) is 5.42. The van der Waals surface area contributed by atoms with Gasteiger partial charge in [-0.3, -0.25) is 4.79 Å². The van der Waals surface area contributed by atoms with Crippen molar-refractivity contribution in [3.8, 4) is 0 Å². The molecule has 2 heterocycles. The maximum atomic E-state index is 11.5. The summed E-state index contributed by atoms with van der Waals surface area (Å²) in [7, 11) is -2.90. The predicted molar refractivity (Wildman–Crippen MR) is 65.5 cm³/mol. The van der Waals surface area contributed by atoms with E-state index in [1.54, 1.807) is 0 Å². The minimum atomic E-state index is -2.90. The van der Waals surface area contributed by atoms with Crippen LogP contribution in [0.1, 0.15) is 17.7 Å². The largest absolute Gasteiger partial charge is 0.460 e. The lowest BCUT2D eigenvalue weighted by Crippen LogP contribution is -2.12. The second kappa shape index (κ2) is 5.18. The van der Waals surface area contributed by atoms with Crippen LogP contribution < -0.4 is 0 Å². The number of esters is 1. The number of rotatable bonds is 4. The van der Waals surface area contributed by atoms with Gasteiger partial charge >= 0.3 is 5.97 Å². The summed E-state index contributed by atoms with van der Waals surface area (Å²) < 4.78 is 27.5. The van der Waals surface area contributed by atoms with Gasteiger partial charge in [0.2, 0.25) is 0 Å². The van der Waals surface area contributed by atoms with Gasteiger partial charge in [-0.15, -0.1) is 11.3 Å². The maximum Gasteiger partial charge on any atom is 0.306 e. The van der Waals surface area contributed by atoms with Crippen LogP contribution in [0.5, 0.6) is 0 Å². The number of hydrogen-bond acceptors (Lipinski definition) is 5. The van der Waals surface area contributed by atoms with Crippen LogP contribution in [0, 0.1) is 5.92 Å². The first-order chi connectivity index (χ1) is 8.05. The fourth-order valence-electron chi connectivity index (χ4n) is 1.87. The van der Waals surface area contributed by atoms with Gasteiger partial charge in [0.05, 0.1) is 11.5 Å². The topological polar surface area (TPSA) is 60.4 Å². The van der Waals surface area contributed by atoms with Gasteiger partial charge in [-0.1, -0.05) is 6.07 Å². The van der Waals surface area contributed by atoms with Gasteiger partial charge in [0.25, 0.3) is 0 Å². The van der Waals surface area contributed by atoms with Crippen molar-refractivity contribution in [3.05, 3.63) is 22.4 Å². The van der Waals surface area contributed by atoms with Crippen LogP contribution in [0.4, 0.5) is 0 Å². The highest BCUT2D eigenvalue weighted by Gasteiger charge is 2.29. The van der Waals surface area contributed by atoms with Gasteiger partial charge < -0.3 is 4.74 Å². The Hall–Kier alpha value is -0.880. The normalized spacial score (nSPS) is 22.5. The number of sulfone groups is 1. The number of hydrogen-bond donors (Lipinski definition) is 0. The van der Waals surface area contributed by atoms with E-state index in [2.05, 4.69) is 0 Å².